The molecule has 0 spiro atoms. The first kappa shape index (κ1) is 30.3. The Morgan fingerprint density at radius 1 is 0.941 bits per heavy atom. The summed E-state index contributed by atoms with van der Waals surface area (Å²) in [6, 6.07) is -0.669. The zero-order valence-corrected chi connectivity index (χ0v) is 22.1. The first-order valence-corrected chi connectivity index (χ1v) is 12.3. The molecule has 34 heavy (non-hydrogen) atoms. The second kappa shape index (κ2) is 14.0. The average molecular weight is 488 g/mol. The summed E-state index contributed by atoms with van der Waals surface area (Å²) in [6.07, 6.45) is -0.0981. The quantitative estimate of drug-likeness (QED) is 0.231. The Balaban J connectivity index is 2.95. The molecule has 0 aliphatic carbocycles. The lowest BCUT2D eigenvalue weighted by Crippen LogP contribution is -2.63. The Labute approximate surface area is 204 Å². The zero-order valence-electron chi connectivity index (χ0n) is 22.1. The summed E-state index contributed by atoms with van der Waals surface area (Å²) in [6.45, 7) is 17.2. The predicted molar refractivity (Wildman–Crippen MR) is 128 cm³/mol. The molecule has 2 N–H and O–H groups in total. The normalized spacial score (nSPS) is 16.9. The molecular formula is C24H45N3O7. The van der Waals surface area contributed by atoms with Crippen molar-refractivity contribution in [1.29, 1.82) is 0 Å². The van der Waals surface area contributed by atoms with Crippen molar-refractivity contribution in [3.05, 3.63) is 0 Å². The second-order valence-corrected chi connectivity index (χ2v) is 9.73. The number of hydrogen-bond acceptors (Lipinski definition) is 10. The van der Waals surface area contributed by atoms with Crippen LogP contribution in [0.15, 0.2) is 0 Å². The molecule has 1 aliphatic rings. The highest BCUT2D eigenvalue weighted by Gasteiger charge is 2.55. The number of nitrogens with zero attached hydrogens (tertiary/aromatic N) is 2. The lowest BCUT2D eigenvalue weighted by atomic mass is 9.90. The fraction of sp³-hybridized carbons (Fsp3) is 0.875. The molecule has 0 aromatic rings. The van der Waals surface area contributed by atoms with E-state index in [9.17, 15) is 14.4 Å². The molecule has 1 fully saturated rings. The summed E-state index contributed by atoms with van der Waals surface area (Å²) in [5, 5.41) is 0. The first-order valence-electron chi connectivity index (χ1n) is 12.3. The van der Waals surface area contributed by atoms with Crippen LogP contribution in [0.5, 0.6) is 0 Å². The molecule has 1 aliphatic heterocycles. The van der Waals surface area contributed by atoms with Crippen LogP contribution in [0.1, 0.15) is 61.3 Å². The van der Waals surface area contributed by atoms with Crippen LogP contribution in [0.3, 0.4) is 0 Å². The Morgan fingerprint density at radius 2 is 1.47 bits per heavy atom. The van der Waals surface area contributed by atoms with Gasteiger partial charge in [0.2, 0.25) is 0 Å². The van der Waals surface area contributed by atoms with Crippen LogP contribution in [0.2, 0.25) is 0 Å². The van der Waals surface area contributed by atoms with E-state index >= 15 is 0 Å². The zero-order chi connectivity index (χ0) is 25.9. The third kappa shape index (κ3) is 9.13. The summed E-state index contributed by atoms with van der Waals surface area (Å²) in [4.78, 5) is 42.9. The number of ether oxygens (including phenoxy) is 4. The minimum Gasteiger partial charge on any atom is -0.463 e. The van der Waals surface area contributed by atoms with Gasteiger partial charge in [0.1, 0.15) is 5.60 Å². The van der Waals surface area contributed by atoms with Gasteiger partial charge in [0, 0.05) is 45.2 Å². The fourth-order valence-electron chi connectivity index (χ4n) is 3.80. The minimum atomic E-state index is -2.16. The molecule has 1 rings (SSSR count). The van der Waals surface area contributed by atoms with Crippen LogP contribution < -0.4 is 5.73 Å². The van der Waals surface area contributed by atoms with Gasteiger partial charge in [-0.25, -0.2) is 9.59 Å². The monoisotopic (exact) mass is 487 g/mol. The van der Waals surface area contributed by atoms with Gasteiger partial charge < -0.3 is 24.7 Å². The van der Waals surface area contributed by atoms with Gasteiger partial charge in [-0.2, -0.15) is 0 Å². The summed E-state index contributed by atoms with van der Waals surface area (Å²) in [7, 11) is 0. The van der Waals surface area contributed by atoms with Gasteiger partial charge in [-0.05, 0) is 54.9 Å². The highest BCUT2D eigenvalue weighted by atomic mass is 16.6. The van der Waals surface area contributed by atoms with E-state index in [0.29, 0.717) is 12.6 Å². The molecule has 0 amide bonds. The molecule has 0 saturated carbocycles. The smallest absolute Gasteiger partial charge is 0.352 e. The fourth-order valence-corrected chi connectivity index (χ4v) is 3.80. The van der Waals surface area contributed by atoms with Crippen molar-refractivity contribution in [1.82, 2.24) is 9.80 Å². The maximum absolute atomic E-state index is 13.0. The maximum atomic E-state index is 13.0. The first-order chi connectivity index (χ1) is 15.9. The van der Waals surface area contributed by atoms with E-state index in [1.54, 1.807) is 34.6 Å². The second-order valence-electron chi connectivity index (χ2n) is 9.73. The number of piperazine rings is 1. The predicted octanol–water partition coefficient (Wildman–Crippen LogP) is 1.34. The summed E-state index contributed by atoms with van der Waals surface area (Å²) in [5.41, 5.74) is 3.53. The Hall–Kier alpha value is -1.75. The van der Waals surface area contributed by atoms with Crippen LogP contribution in [0, 0.1) is 0 Å². The van der Waals surface area contributed by atoms with Gasteiger partial charge in [-0.15, -0.1) is 0 Å². The maximum Gasteiger partial charge on any atom is 0.352 e. The Bertz CT molecular complexity index is 637. The van der Waals surface area contributed by atoms with E-state index in [-0.39, 0.29) is 32.7 Å². The highest BCUT2D eigenvalue weighted by molar-refractivity contribution is 6.04. The van der Waals surface area contributed by atoms with Crippen LogP contribution in [0.25, 0.3) is 0 Å². The lowest BCUT2D eigenvalue weighted by molar-refractivity contribution is -0.195. The molecular weight excluding hydrogens is 442 g/mol. The van der Waals surface area contributed by atoms with Crippen LogP contribution in [-0.2, 0) is 33.3 Å². The van der Waals surface area contributed by atoms with E-state index in [0.717, 1.165) is 26.2 Å². The Morgan fingerprint density at radius 3 is 1.91 bits per heavy atom. The van der Waals surface area contributed by atoms with E-state index in [4.69, 9.17) is 24.7 Å². The molecule has 1 unspecified atom stereocenters. The molecule has 0 bridgehead atoms. The lowest BCUT2D eigenvalue weighted by Gasteiger charge is -2.38. The average Bonchev–Trinajstić information content (AvgIpc) is 2.74. The van der Waals surface area contributed by atoms with E-state index in [2.05, 4.69) is 23.6 Å². The standard InChI is InChI=1S/C24H45N3O7/c1-8-31-21(29)24(22(30)32-9-2,19(25)10-11-20(28)34-23(5,6)7)33-17-16-26-12-14-27(15-13-26)18(3)4/h18-19H,8-17,25H2,1-7H3. The number of hydrogen-bond donors (Lipinski definition) is 1. The van der Waals surface area contributed by atoms with Crippen molar-refractivity contribution < 1.29 is 33.3 Å². The number of carbonyl (C=O) groups is 3. The molecule has 1 atom stereocenters. The molecule has 10 nitrogen and oxygen atoms in total. The van der Waals surface area contributed by atoms with Crippen molar-refractivity contribution in [2.45, 2.75) is 84.6 Å². The number of rotatable bonds is 13. The van der Waals surface area contributed by atoms with Gasteiger partial charge in [0.05, 0.1) is 25.9 Å². The van der Waals surface area contributed by atoms with Crippen molar-refractivity contribution >= 4 is 17.9 Å². The summed E-state index contributed by atoms with van der Waals surface area (Å²) in [5.74, 6) is -2.29. The molecule has 1 heterocycles. The van der Waals surface area contributed by atoms with Crippen LogP contribution in [0.4, 0.5) is 0 Å². The SMILES string of the molecule is CCOC(=O)C(OCCN1CCN(C(C)C)CC1)(C(=O)OCC)C(N)CCC(=O)OC(C)(C)C. The topological polar surface area (TPSA) is 121 Å². The third-order valence-corrected chi connectivity index (χ3v) is 5.63. The van der Waals surface area contributed by atoms with Gasteiger partial charge in [0.15, 0.2) is 0 Å². The number of carbonyl (C=O) groups excluding carboxylic acids is 3. The van der Waals surface area contributed by atoms with Crippen LogP contribution in [-0.4, -0.2) is 104 Å². The van der Waals surface area contributed by atoms with Gasteiger partial charge in [-0.1, -0.05) is 0 Å². The summed E-state index contributed by atoms with van der Waals surface area (Å²) >= 11 is 0. The molecule has 1 saturated heterocycles. The minimum absolute atomic E-state index is 0.0143. The third-order valence-electron chi connectivity index (χ3n) is 5.63. The number of nitrogens with two attached hydrogens (primary N) is 1. The van der Waals surface area contributed by atoms with Crippen molar-refractivity contribution in [2.75, 3.05) is 52.5 Å². The van der Waals surface area contributed by atoms with Crippen molar-refractivity contribution in [3.8, 4) is 0 Å². The Kier molecular flexibility index (Phi) is 12.4. The van der Waals surface area contributed by atoms with Gasteiger partial charge in [0.25, 0.3) is 5.60 Å². The molecule has 0 radical (unpaired) electrons. The molecule has 0 aromatic heterocycles. The van der Waals surface area contributed by atoms with Crippen molar-refractivity contribution in [3.63, 3.8) is 0 Å². The summed E-state index contributed by atoms with van der Waals surface area (Å²) < 4.78 is 21.6. The molecule has 10 heteroatoms. The van der Waals surface area contributed by atoms with E-state index < -0.39 is 35.2 Å². The molecule has 0 aromatic carbocycles. The largest absolute Gasteiger partial charge is 0.463 e. The highest BCUT2D eigenvalue weighted by Crippen LogP contribution is 2.24. The molecule has 198 valence electrons. The van der Waals surface area contributed by atoms with Crippen LogP contribution >= 0.6 is 0 Å². The van der Waals surface area contributed by atoms with Crippen molar-refractivity contribution in [2.24, 2.45) is 5.73 Å². The number of esters is 3. The van der Waals surface area contributed by atoms with Gasteiger partial charge in [-0.3, -0.25) is 14.6 Å². The van der Waals surface area contributed by atoms with E-state index in [1.807, 2.05) is 0 Å². The van der Waals surface area contributed by atoms with Gasteiger partial charge >= 0.3 is 17.9 Å². The van der Waals surface area contributed by atoms with E-state index in [1.165, 1.54) is 0 Å².